The second-order valence-electron chi connectivity index (χ2n) is 8.85. The number of carbonyl (C=O) groups is 1. The SMILES string of the molecule is Cc1cc(C(N)=O)nn1-c1ccc(C(C)(C)c2ccc(C3=CCC(O)CC3)cc2)cc1. The van der Waals surface area contributed by atoms with Crippen LogP contribution in [0.5, 0.6) is 0 Å². The summed E-state index contributed by atoms with van der Waals surface area (Å²) >= 11 is 0. The van der Waals surface area contributed by atoms with Gasteiger partial charge in [-0.3, -0.25) is 4.79 Å². The fourth-order valence-electron chi connectivity index (χ4n) is 4.23. The number of primary amides is 1. The Morgan fingerprint density at radius 3 is 2.23 bits per heavy atom. The molecule has 0 fully saturated rings. The number of amides is 1. The summed E-state index contributed by atoms with van der Waals surface area (Å²) in [5, 5.41) is 14.0. The monoisotopic (exact) mass is 415 g/mol. The Balaban J connectivity index is 1.57. The van der Waals surface area contributed by atoms with E-state index in [2.05, 4.69) is 61.4 Å². The van der Waals surface area contributed by atoms with E-state index in [0.717, 1.165) is 30.6 Å². The van der Waals surface area contributed by atoms with Crippen LogP contribution in [0.1, 0.15) is 66.0 Å². The third kappa shape index (κ3) is 4.19. The quantitative estimate of drug-likeness (QED) is 0.642. The van der Waals surface area contributed by atoms with E-state index in [1.54, 1.807) is 10.7 Å². The number of benzene rings is 2. The average Bonchev–Trinajstić information content (AvgIpc) is 3.16. The molecule has 0 spiro atoms. The molecule has 1 atom stereocenters. The highest BCUT2D eigenvalue weighted by molar-refractivity contribution is 5.90. The second kappa shape index (κ2) is 8.16. The van der Waals surface area contributed by atoms with Crippen molar-refractivity contribution in [2.75, 3.05) is 0 Å². The van der Waals surface area contributed by atoms with Crippen molar-refractivity contribution < 1.29 is 9.90 Å². The van der Waals surface area contributed by atoms with Crippen LogP contribution in [0.3, 0.4) is 0 Å². The molecule has 5 nitrogen and oxygen atoms in total. The van der Waals surface area contributed by atoms with Gasteiger partial charge in [-0.25, -0.2) is 4.68 Å². The minimum Gasteiger partial charge on any atom is -0.393 e. The number of nitrogens with two attached hydrogens (primary N) is 1. The molecule has 3 aromatic rings. The highest BCUT2D eigenvalue weighted by Crippen LogP contribution is 2.34. The first-order chi connectivity index (χ1) is 14.8. The molecule has 0 bridgehead atoms. The third-order valence-corrected chi connectivity index (χ3v) is 6.33. The largest absolute Gasteiger partial charge is 0.393 e. The van der Waals surface area contributed by atoms with Crippen LogP contribution in [-0.2, 0) is 5.41 Å². The van der Waals surface area contributed by atoms with Crippen molar-refractivity contribution in [1.82, 2.24) is 9.78 Å². The van der Waals surface area contributed by atoms with E-state index in [1.807, 2.05) is 19.1 Å². The lowest BCUT2D eigenvalue weighted by molar-refractivity contribution is 0.0995. The van der Waals surface area contributed by atoms with Gasteiger partial charge < -0.3 is 10.8 Å². The second-order valence-corrected chi connectivity index (χ2v) is 8.85. The number of rotatable bonds is 5. The number of nitrogens with zero attached hydrogens (tertiary/aromatic N) is 2. The van der Waals surface area contributed by atoms with E-state index < -0.39 is 5.91 Å². The number of hydrogen-bond acceptors (Lipinski definition) is 3. The smallest absolute Gasteiger partial charge is 0.269 e. The first-order valence-electron chi connectivity index (χ1n) is 10.7. The molecule has 1 aromatic heterocycles. The van der Waals surface area contributed by atoms with Crippen molar-refractivity contribution in [3.63, 3.8) is 0 Å². The number of aromatic nitrogens is 2. The van der Waals surface area contributed by atoms with Gasteiger partial charge in [-0.15, -0.1) is 0 Å². The number of hydrogen-bond donors (Lipinski definition) is 2. The summed E-state index contributed by atoms with van der Waals surface area (Å²) in [6.45, 7) is 6.34. The molecule has 0 radical (unpaired) electrons. The summed E-state index contributed by atoms with van der Waals surface area (Å²) in [5.41, 5.74) is 12.2. The number of carbonyl (C=O) groups excluding carboxylic acids is 1. The van der Waals surface area contributed by atoms with E-state index in [1.165, 1.54) is 22.3 Å². The molecule has 3 N–H and O–H groups in total. The average molecular weight is 416 g/mol. The van der Waals surface area contributed by atoms with Crippen LogP contribution in [-0.4, -0.2) is 26.9 Å². The maximum Gasteiger partial charge on any atom is 0.269 e. The molecule has 0 saturated heterocycles. The molecule has 1 aliphatic carbocycles. The van der Waals surface area contributed by atoms with Crippen LogP contribution in [0.2, 0.25) is 0 Å². The molecule has 1 unspecified atom stereocenters. The molecule has 4 rings (SSSR count). The van der Waals surface area contributed by atoms with Crippen LogP contribution in [0.15, 0.2) is 60.7 Å². The lowest BCUT2D eigenvalue weighted by Gasteiger charge is -2.27. The Morgan fingerprint density at radius 2 is 1.71 bits per heavy atom. The van der Waals surface area contributed by atoms with Crippen molar-refractivity contribution in [2.45, 2.75) is 51.6 Å². The maximum atomic E-state index is 11.4. The summed E-state index contributed by atoms with van der Waals surface area (Å²) in [5.74, 6) is -0.525. The zero-order valence-corrected chi connectivity index (χ0v) is 18.3. The molecular weight excluding hydrogens is 386 g/mol. The van der Waals surface area contributed by atoms with Gasteiger partial charge in [0.25, 0.3) is 5.91 Å². The molecule has 1 aliphatic rings. The van der Waals surface area contributed by atoms with Gasteiger partial charge >= 0.3 is 0 Å². The summed E-state index contributed by atoms with van der Waals surface area (Å²) in [7, 11) is 0. The minimum atomic E-state index is -0.525. The van der Waals surface area contributed by atoms with Crippen LogP contribution in [0, 0.1) is 6.92 Å². The van der Waals surface area contributed by atoms with E-state index in [9.17, 15) is 9.90 Å². The predicted octanol–water partition coefficient (Wildman–Crippen LogP) is 4.53. The Hall–Kier alpha value is -3.18. The molecule has 31 heavy (non-hydrogen) atoms. The van der Waals surface area contributed by atoms with Crippen LogP contribution in [0.4, 0.5) is 0 Å². The molecule has 1 heterocycles. The molecule has 1 amide bonds. The fourth-order valence-corrected chi connectivity index (χ4v) is 4.23. The zero-order valence-electron chi connectivity index (χ0n) is 18.3. The fraction of sp³-hybridized carbons (Fsp3) is 0.308. The molecule has 2 aromatic carbocycles. The van der Waals surface area contributed by atoms with Crippen LogP contribution in [0.25, 0.3) is 11.3 Å². The topological polar surface area (TPSA) is 81.1 Å². The summed E-state index contributed by atoms with van der Waals surface area (Å²) in [6, 6.07) is 18.7. The number of allylic oxidation sites excluding steroid dienone is 1. The predicted molar refractivity (Wildman–Crippen MR) is 123 cm³/mol. The van der Waals surface area contributed by atoms with Crippen molar-refractivity contribution in [3.8, 4) is 5.69 Å². The molecule has 160 valence electrons. The Morgan fingerprint density at radius 1 is 1.10 bits per heavy atom. The lowest BCUT2D eigenvalue weighted by Crippen LogP contribution is -2.19. The maximum absolute atomic E-state index is 11.4. The number of aryl methyl sites for hydroxylation is 1. The number of aliphatic hydroxyl groups is 1. The molecule has 0 aliphatic heterocycles. The summed E-state index contributed by atoms with van der Waals surface area (Å²) < 4.78 is 1.74. The Kier molecular flexibility index (Phi) is 5.54. The first-order valence-corrected chi connectivity index (χ1v) is 10.7. The van der Waals surface area contributed by atoms with Crippen molar-refractivity contribution >= 4 is 11.5 Å². The van der Waals surface area contributed by atoms with Gasteiger partial charge in [0.1, 0.15) is 0 Å². The lowest BCUT2D eigenvalue weighted by atomic mass is 9.77. The van der Waals surface area contributed by atoms with Gasteiger partial charge in [0.15, 0.2) is 5.69 Å². The Bertz CT molecular complexity index is 1120. The van der Waals surface area contributed by atoms with Gasteiger partial charge in [-0.2, -0.15) is 5.10 Å². The van der Waals surface area contributed by atoms with Gasteiger partial charge in [0, 0.05) is 11.1 Å². The molecule has 0 saturated carbocycles. The number of aliphatic hydroxyl groups excluding tert-OH is 1. The van der Waals surface area contributed by atoms with Gasteiger partial charge in [-0.05, 0) is 66.6 Å². The molecular formula is C26H29N3O2. The van der Waals surface area contributed by atoms with Crippen LogP contribution < -0.4 is 5.73 Å². The van der Waals surface area contributed by atoms with E-state index in [-0.39, 0.29) is 17.2 Å². The van der Waals surface area contributed by atoms with Gasteiger partial charge in [0.05, 0.1) is 11.8 Å². The van der Waals surface area contributed by atoms with E-state index in [4.69, 9.17) is 5.73 Å². The Labute approximate surface area is 183 Å². The summed E-state index contributed by atoms with van der Waals surface area (Å²) in [4.78, 5) is 11.4. The standard InChI is InChI=1S/C26H29N3O2/c1-17-16-24(25(27)31)28-29(17)22-12-10-21(11-13-22)26(2,3)20-8-4-18(5-9-20)19-6-14-23(30)15-7-19/h4-6,8-13,16,23,30H,7,14-15H2,1-3H3,(H2,27,31). The van der Waals surface area contributed by atoms with E-state index >= 15 is 0 Å². The van der Waals surface area contributed by atoms with Crippen molar-refractivity contribution in [1.29, 1.82) is 0 Å². The minimum absolute atomic E-state index is 0.161. The highest BCUT2D eigenvalue weighted by Gasteiger charge is 2.24. The van der Waals surface area contributed by atoms with Crippen LogP contribution >= 0.6 is 0 Å². The molecule has 5 heteroatoms. The highest BCUT2D eigenvalue weighted by atomic mass is 16.3. The van der Waals surface area contributed by atoms with Crippen molar-refractivity contribution in [3.05, 3.63) is 88.8 Å². The normalized spacial score (nSPS) is 16.8. The van der Waals surface area contributed by atoms with E-state index in [0.29, 0.717) is 0 Å². The van der Waals surface area contributed by atoms with Crippen molar-refractivity contribution in [2.24, 2.45) is 5.73 Å². The zero-order chi connectivity index (χ0) is 22.2. The first kappa shape index (κ1) is 21.1. The third-order valence-electron chi connectivity index (χ3n) is 6.33. The van der Waals surface area contributed by atoms with Gasteiger partial charge in [0.2, 0.25) is 0 Å². The van der Waals surface area contributed by atoms with Gasteiger partial charge in [-0.1, -0.05) is 56.3 Å². The summed E-state index contributed by atoms with van der Waals surface area (Å²) in [6.07, 6.45) is 4.47.